The van der Waals surface area contributed by atoms with Crippen molar-refractivity contribution in [1.29, 1.82) is 0 Å². The number of hydrogen-bond donors (Lipinski definition) is 0. The topological polar surface area (TPSA) is 63.5 Å². The summed E-state index contributed by atoms with van der Waals surface area (Å²) in [5.41, 5.74) is 4.25. The predicted octanol–water partition coefficient (Wildman–Crippen LogP) is 3.16. The van der Waals surface area contributed by atoms with Crippen LogP contribution in [0.3, 0.4) is 0 Å². The molecule has 0 bridgehead atoms. The second kappa shape index (κ2) is 9.79. The van der Waals surface area contributed by atoms with Gasteiger partial charge in [0.25, 0.3) is 5.91 Å². The first kappa shape index (κ1) is 22.4. The summed E-state index contributed by atoms with van der Waals surface area (Å²) >= 11 is 0. The summed E-state index contributed by atoms with van der Waals surface area (Å²) < 4.78 is 7.81. The van der Waals surface area contributed by atoms with Crippen LogP contribution in [0.25, 0.3) is 10.9 Å². The standard InChI is InChI=1S/C25H33N5O2/c1-18(2)13-30(16-21-8-5-7-20-9-6-10-26-24(20)21)25(31)23-17-29(11-12-32-23)15-22-14-28(4)27-19(22)3/h5-10,14,18,23H,11-13,15-17H2,1-4H3/t23-/m1/s1. The molecule has 1 aliphatic rings. The van der Waals surface area contributed by atoms with E-state index >= 15 is 0 Å². The molecular formula is C25H33N5O2. The van der Waals surface area contributed by atoms with Crippen molar-refractivity contribution < 1.29 is 9.53 Å². The summed E-state index contributed by atoms with van der Waals surface area (Å²) in [5.74, 6) is 0.416. The molecule has 7 nitrogen and oxygen atoms in total. The van der Waals surface area contributed by atoms with Gasteiger partial charge in [-0.15, -0.1) is 0 Å². The molecule has 0 unspecified atom stereocenters. The largest absolute Gasteiger partial charge is 0.366 e. The molecule has 0 saturated carbocycles. The molecule has 0 spiro atoms. The lowest BCUT2D eigenvalue weighted by molar-refractivity contribution is -0.151. The fourth-order valence-electron chi connectivity index (χ4n) is 4.42. The molecule has 1 atom stereocenters. The van der Waals surface area contributed by atoms with E-state index < -0.39 is 6.10 Å². The molecule has 2 aromatic heterocycles. The van der Waals surface area contributed by atoms with Crippen LogP contribution in [0.1, 0.15) is 30.7 Å². The Labute approximate surface area is 190 Å². The molecule has 32 heavy (non-hydrogen) atoms. The number of carbonyl (C=O) groups is 1. The molecule has 3 aromatic rings. The third-order valence-electron chi connectivity index (χ3n) is 5.91. The van der Waals surface area contributed by atoms with Crippen molar-refractivity contribution in [2.24, 2.45) is 13.0 Å². The Morgan fingerprint density at radius 3 is 2.81 bits per heavy atom. The maximum atomic E-state index is 13.6. The maximum absolute atomic E-state index is 13.6. The van der Waals surface area contributed by atoms with Gasteiger partial charge in [0.05, 0.1) is 17.8 Å². The van der Waals surface area contributed by atoms with E-state index in [0.717, 1.165) is 35.2 Å². The van der Waals surface area contributed by atoms with Crippen molar-refractivity contribution in [1.82, 2.24) is 24.6 Å². The van der Waals surface area contributed by atoms with E-state index in [-0.39, 0.29) is 5.91 Å². The van der Waals surface area contributed by atoms with Crippen LogP contribution in [-0.4, -0.2) is 62.8 Å². The molecule has 0 N–H and O–H groups in total. The summed E-state index contributed by atoms with van der Waals surface area (Å²) in [6.07, 6.45) is 3.41. The summed E-state index contributed by atoms with van der Waals surface area (Å²) in [4.78, 5) is 22.4. The van der Waals surface area contributed by atoms with Gasteiger partial charge in [-0.1, -0.05) is 38.1 Å². The average Bonchev–Trinajstić information content (AvgIpc) is 3.09. The fourth-order valence-corrected chi connectivity index (χ4v) is 4.42. The van der Waals surface area contributed by atoms with Crippen molar-refractivity contribution in [3.63, 3.8) is 0 Å². The minimum absolute atomic E-state index is 0.0549. The first-order chi connectivity index (χ1) is 15.4. The highest BCUT2D eigenvalue weighted by Gasteiger charge is 2.31. The summed E-state index contributed by atoms with van der Waals surface area (Å²) in [7, 11) is 1.94. The zero-order valence-corrected chi connectivity index (χ0v) is 19.5. The lowest BCUT2D eigenvalue weighted by atomic mass is 10.1. The quantitative estimate of drug-likeness (QED) is 0.570. The highest BCUT2D eigenvalue weighted by molar-refractivity contribution is 5.84. The van der Waals surface area contributed by atoms with Crippen LogP contribution in [0.5, 0.6) is 0 Å². The first-order valence-electron chi connectivity index (χ1n) is 11.3. The minimum atomic E-state index is -0.456. The van der Waals surface area contributed by atoms with Gasteiger partial charge in [-0.25, -0.2) is 0 Å². The third kappa shape index (κ3) is 5.16. The van der Waals surface area contributed by atoms with Crippen LogP contribution in [-0.2, 0) is 29.7 Å². The number of ether oxygens (including phenoxy) is 1. The van der Waals surface area contributed by atoms with Gasteiger partial charge in [-0.3, -0.25) is 19.4 Å². The number of aromatic nitrogens is 3. The number of amides is 1. The number of benzene rings is 1. The molecule has 0 aliphatic carbocycles. The number of rotatable bonds is 7. The van der Waals surface area contributed by atoms with Crippen LogP contribution < -0.4 is 0 Å². The average molecular weight is 436 g/mol. The smallest absolute Gasteiger partial charge is 0.253 e. The van der Waals surface area contributed by atoms with Gasteiger partial charge in [-0.05, 0) is 24.5 Å². The van der Waals surface area contributed by atoms with Gasteiger partial charge in [0, 0.05) is 63.1 Å². The third-order valence-corrected chi connectivity index (χ3v) is 5.91. The monoisotopic (exact) mass is 435 g/mol. The predicted molar refractivity (Wildman–Crippen MR) is 125 cm³/mol. The summed E-state index contributed by atoms with van der Waals surface area (Å²) in [6.45, 7) is 10.3. The number of morpholine rings is 1. The Kier molecular flexibility index (Phi) is 6.86. The van der Waals surface area contributed by atoms with E-state index in [1.165, 1.54) is 5.56 Å². The van der Waals surface area contributed by atoms with E-state index in [2.05, 4.69) is 53.2 Å². The normalized spacial score (nSPS) is 17.2. The van der Waals surface area contributed by atoms with Crippen LogP contribution in [0.15, 0.2) is 42.7 Å². The van der Waals surface area contributed by atoms with E-state index in [9.17, 15) is 4.79 Å². The number of aryl methyl sites for hydroxylation is 2. The van der Waals surface area contributed by atoms with E-state index in [1.807, 2.05) is 41.9 Å². The van der Waals surface area contributed by atoms with Gasteiger partial charge >= 0.3 is 0 Å². The van der Waals surface area contributed by atoms with Crippen LogP contribution in [0.2, 0.25) is 0 Å². The number of hydrogen-bond acceptors (Lipinski definition) is 5. The van der Waals surface area contributed by atoms with Crippen molar-refractivity contribution in [3.05, 3.63) is 59.5 Å². The van der Waals surface area contributed by atoms with E-state index in [0.29, 0.717) is 32.2 Å². The zero-order chi connectivity index (χ0) is 22.7. The van der Waals surface area contributed by atoms with Crippen molar-refractivity contribution >= 4 is 16.8 Å². The van der Waals surface area contributed by atoms with Gasteiger partial charge in [0.1, 0.15) is 6.10 Å². The van der Waals surface area contributed by atoms with E-state index in [4.69, 9.17) is 4.74 Å². The van der Waals surface area contributed by atoms with Gasteiger partial charge in [0.15, 0.2) is 0 Å². The molecule has 3 heterocycles. The van der Waals surface area contributed by atoms with Crippen LogP contribution in [0, 0.1) is 12.8 Å². The van der Waals surface area contributed by atoms with Crippen LogP contribution in [0.4, 0.5) is 0 Å². The molecule has 1 aliphatic heterocycles. The zero-order valence-electron chi connectivity index (χ0n) is 19.5. The Bertz CT molecular complexity index is 1070. The van der Waals surface area contributed by atoms with Gasteiger partial charge in [0.2, 0.25) is 0 Å². The second-order valence-electron chi connectivity index (χ2n) is 9.11. The molecule has 1 amide bonds. The van der Waals surface area contributed by atoms with Crippen molar-refractivity contribution in [2.75, 3.05) is 26.2 Å². The summed E-state index contributed by atoms with van der Waals surface area (Å²) in [5, 5.41) is 5.53. The van der Waals surface area contributed by atoms with Gasteiger partial charge < -0.3 is 9.64 Å². The molecule has 4 rings (SSSR count). The first-order valence-corrected chi connectivity index (χ1v) is 11.3. The Hall–Kier alpha value is -2.77. The Morgan fingerprint density at radius 1 is 1.25 bits per heavy atom. The molecule has 1 aromatic carbocycles. The van der Waals surface area contributed by atoms with Gasteiger partial charge in [-0.2, -0.15) is 5.10 Å². The Balaban J connectivity index is 1.50. The highest BCUT2D eigenvalue weighted by atomic mass is 16.5. The molecule has 0 radical (unpaired) electrons. The fraction of sp³-hybridized carbons (Fsp3) is 0.480. The Morgan fingerprint density at radius 2 is 2.06 bits per heavy atom. The molecular weight excluding hydrogens is 402 g/mol. The number of para-hydroxylation sites is 1. The minimum Gasteiger partial charge on any atom is -0.366 e. The molecule has 7 heteroatoms. The number of carbonyl (C=O) groups excluding carboxylic acids is 1. The van der Waals surface area contributed by atoms with Crippen LogP contribution >= 0.6 is 0 Å². The molecule has 170 valence electrons. The lowest BCUT2D eigenvalue weighted by Crippen LogP contribution is -2.51. The molecule has 1 saturated heterocycles. The number of fused-ring (bicyclic) bond motifs is 1. The van der Waals surface area contributed by atoms with Crippen molar-refractivity contribution in [3.8, 4) is 0 Å². The van der Waals surface area contributed by atoms with E-state index in [1.54, 1.807) is 0 Å². The molecule has 1 fully saturated rings. The summed E-state index contributed by atoms with van der Waals surface area (Å²) in [6, 6.07) is 10.2. The number of nitrogens with zero attached hydrogens (tertiary/aromatic N) is 5. The maximum Gasteiger partial charge on any atom is 0.253 e. The van der Waals surface area contributed by atoms with Crippen molar-refractivity contribution in [2.45, 2.75) is 40.0 Å². The number of pyridine rings is 1. The highest BCUT2D eigenvalue weighted by Crippen LogP contribution is 2.20. The SMILES string of the molecule is Cc1nn(C)cc1CN1CCO[C@@H](C(=O)N(Cc2cccc3cccnc23)CC(C)C)C1. The lowest BCUT2D eigenvalue weighted by Gasteiger charge is -2.35. The second-order valence-corrected chi connectivity index (χ2v) is 9.11.